The first-order chi connectivity index (χ1) is 9.92. The molecule has 0 spiro atoms. The van der Waals surface area contributed by atoms with E-state index in [2.05, 4.69) is 19.7 Å². The summed E-state index contributed by atoms with van der Waals surface area (Å²) in [6, 6.07) is 8.02. The van der Waals surface area contributed by atoms with Crippen molar-refractivity contribution in [3.63, 3.8) is 0 Å². The number of fused-ring (bicyclic) bond motifs is 3. The summed E-state index contributed by atoms with van der Waals surface area (Å²) in [5.41, 5.74) is 1.03. The van der Waals surface area contributed by atoms with Gasteiger partial charge in [-0.3, -0.25) is 9.47 Å². The molecule has 0 unspecified atom stereocenters. The maximum atomic E-state index is 5.70. The molecule has 1 aromatic carbocycles. The Kier molecular flexibility index (Phi) is 2.90. The first kappa shape index (κ1) is 11.9. The molecule has 104 valence electrons. The van der Waals surface area contributed by atoms with Crippen molar-refractivity contribution >= 4 is 0 Å². The molecule has 0 atom stereocenters. The standard InChI is InChI=1S/C14H16N4O2/c1-2-4-12-11(3-1)18-13(15-16-14(18)10-20-12)9-17-5-7-19-8-6-17/h1-4H,5-10H2. The molecule has 2 aromatic rings. The highest BCUT2D eigenvalue weighted by molar-refractivity contribution is 5.49. The lowest BCUT2D eigenvalue weighted by Crippen LogP contribution is -2.36. The molecular weight excluding hydrogens is 256 g/mol. The van der Waals surface area contributed by atoms with Gasteiger partial charge in [-0.05, 0) is 12.1 Å². The molecule has 0 aliphatic carbocycles. The van der Waals surface area contributed by atoms with Gasteiger partial charge in [0.2, 0.25) is 0 Å². The fraction of sp³-hybridized carbons (Fsp3) is 0.429. The third kappa shape index (κ3) is 1.97. The third-order valence-corrected chi connectivity index (χ3v) is 3.73. The number of para-hydroxylation sites is 2. The lowest BCUT2D eigenvalue weighted by molar-refractivity contribution is 0.0327. The van der Waals surface area contributed by atoms with Crippen LogP contribution in [-0.4, -0.2) is 46.0 Å². The van der Waals surface area contributed by atoms with E-state index in [-0.39, 0.29) is 0 Å². The van der Waals surface area contributed by atoms with Crippen molar-refractivity contribution in [2.75, 3.05) is 26.3 Å². The Balaban J connectivity index is 1.68. The molecule has 2 aliphatic rings. The van der Waals surface area contributed by atoms with Gasteiger partial charge in [-0.25, -0.2) is 0 Å². The fourth-order valence-electron chi connectivity index (χ4n) is 2.69. The zero-order valence-electron chi connectivity index (χ0n) is 11.2. The van der Waals surface area contributed by atoms with E-state index in [0.717, 1.165) is 55.9 Å². The van der Waals surface area contributed by atoms with E-state index in [9.17, 15) is 0 Å². The number of nitrogens with zero attached hydrogens (tertiary/aromatic N) is 4. The van der Waals surface area contributed by atoms with Crippen LogP contribution in [0, 0.1) is 0 Å². The molecule has 0 bridgehead atoms. The van der Waals surface area contributed by atoms with Crippen LogP contribution >= 0.6 is 0 Å². The lowest BCUT2D eigenvalue weighted by atomic mass is 10.2. The SMILES string of the molecule is c1ccc2c(c1)OCc1nnc(CN3CCOCC3)n1-2. The Morgan fingerprint density at radius 1 is 1.10 bits per heavy atom. The molecule has 3 heterocycles. The second-order valence-electron chi connectivity index (χ2n) is 5.01. The van der Waals surface area contributed by atoms with E-state index in [1.165, 1.54) is 0 Å². The van der Waals surface area contributed by atoms with Gasteiger partial charge in [0.05, 0.1) is 25.4 Å². The molecule has 1 fully saturated rings. The van der Waals surface area contributed by atoms with Crippen molar-refractivity contribution in [2.24, 2.45) is 0 Å². The van der Waals surface area contributed by atoms with Crippen molar-refractivity contribution in [3.05, 3.63) is 35.9 Å². The molecule has 6 heteroatoms. The lowest BCUT2D eigenvalue weighted by Gasteiger charge is -2.27. The first-order valence-corrected chi connectivity index (χ1v) is 6.87. The summed E-state index contributed by atoms with van der Waals surface area (Å²) >= 11 is 0. The van der Waals surface area contributed by atoms with Crippen molar-refractivity contribution < 1.29 is 9.47 Å². The van der Waals surface area contributed by atoms with E-state index >= 15 is 0 Å². The van der Waals surface area contributed by atoms with Gasteiger partial charge in [0, 0.05) is 13.1 Å². The van der Waals surface area contributed by atoms with E-state index in [4.69, 9.17) is 9.47 Å². The average Bonchev–Trinajstić information content (AvgIpc) is 2.92. The van der Waals surface area contributed by atoms with Gasteiger partial charge >= 0.3 is 0 Å². The summed E-state index contributed by atoms with van der Waals surface area (Å²) in [6.07, 6.45) is 0. The summed E-state index contributed by atoms with van der Waals surface area (Å²) in [4.78, 5) is 2.35. The van der Waals surface area contributed by atoms with Crippen LogP contribution in [-0.2, 0) is 17.9 Å². The van der Waals surface area contributed by atoms with Crippen LogP contribution in [0.1, 0.15) is 11.6 Å². The average molecular weight is 272 g/mol. The summed E-state index contributed by atoms with van der Waals surface area (Å²) in [6.45, 7) is 4.75. The van der Waals surface area contributed by atoms with Crippen molar-refractivity contribution in [3.8, 4) is 11.4 Å². The molecule has 0 saturated carbocycles. The van der Waals surface area contributed by atoms with Crippen LogP contribution in [0.4, 0.5) is 0 Å². The van der Waals surface area contributed by atoms with Gasteiger partial charge in [0.15, 0.2) is 11.6 Å². The summed E-state index contributed by atoms with van der Waals surface area (Å²) < 4.78 is 13.2. The van der Waals surface area contributed by atoms with Gasteiger partial charge in [0.1, 0.15) is 12.4 Å². The Morgan fingerprint density at radius 3 is 2.85 bits per heavy atom. The van der Waals surface area contributed by atoms with Gasteiger partial charge in [-0.15, -0.1) is 10.2 Å². The highest BCUT2D eigenvalue weighted by Gasteiger charge is 2.23. The number of benzene rings is 1. The van der Waals surface area contributed by atoms with Crippen molar-refractivity contribution in [2.45, 2.75) is 13.2 Å². The Hall–Kier alpha value is -1.92. The first-order valence-electron chi connectivity index (χ1n) is 6.87. The van der Waals surface area contributed by atoms with Crippen LogP contribution in [0.25, 0.3) is 5.69 Å². The zero-order valence-corrected chi connectivity index (χ0v) is 11.2. The van der Waals surface area contributed by atoms with E-state index in [1.54, 1.807) is 0 Å². The minimum absolute atomic E-state index is 0.479. The monoisotopic (exact) mass is 272 g/mol. The molecule has 0 amide bonds. The van der Waals surface area contributed by atoms with Gasteiger partial charge in [-0.1, -0.05) is 12.1 Å². The smallest absolute Gasteiger partial charge is 0.175 e. The number of morpholine rings is 1. The largest absolute Gasteiger partial charge is 0.483 e. The number of rotatable bonds is 2. The molecule has 2 aliphatic heterocycles. The molecule has 1 saturated heterocycles. The Morgan fingerprint density at radius 2 is 1.95 bits per heavy atom. The molecule has 0 radical (unpaired) electrons. The molecule has 4 rings (SSSR count). The quantitative estimate of drug-likeness (QED) is 0.816. The zero-order chi connectivity index (χ0) is 13.4. The number of aromatic nitrogens is 3. The van der Waals surface area contributed by atoms with Gasteiger partial charge in [0.25, 0.3) is 0 Å². The fourth-order valence-corrected chi connectivity index (χ4v) is 2.69. The van der Waals surface area contributed by atoms with Crippen LogP contribution in [0.2, 0.25) is 0 Å². The highest BCUT2D eigenvalue weighted by atomic mass is 16.5. The van der Waals surface area contributed by atoms with Crippen molar-refractivity contribution in [1.29, 1.82) is 0 Å². The van der Waals surface area contributed by atoms with Crippen LogP contribution in [0.15, 0.2) is 24.3 Å². The Bertz CT molecular complexity index is 619. The second-order valence-corrected chi connectivity index (χ2v) is 5.01. The predicted octanol–water partition coefficient (Wildman–Crippen LogP) is 0.992. The maximum Gasteiger partial charge on any atom is 0.175 e. The predicted molar refractivity (Wildman–Crippen MR) is 71.8 cm³/mol. The highest BCUT2D eigenvalue weighted by Crippen LogP contribution is 2.29. The summed E-state index contributed by atoms with van der Waals surface area (Å²) in [5, 5.41) is 8.59. The molecule has 1 aromatic heterocycles. The van der Waals surface area contributed by atoms with Crippen molar-refractivity contribution in [1.82, 2.24) is 19.7 Å². The number of ether oxygens (including phenoxy) is 2. The van der Waals surface area contributed by atoms with Gasteiger partial charge < -0.3 is 9.47 Å². The van der Waals surface area contributed by atoms with E-state index in [1.807, 2.05) is 24.3 Å². The molecule has 6 nitrogen and oxygen atoms in total. The normalized spacial score (nSPS) is 18.2. The second kappa shape index (κ2) is 4.88. The van der Waals surface area contributed by atoms with Gasteiger partial charge in [-0.2, -0.15) is 0 Å². The maximum absolute atomic E-state index is 5.70. The number of hydrogen-bond acceptors (Lipinski definition) is 5. The van der Waals surface area contributed by atoms with E-state index in [0.29, 0.717) is 6.61 Å². The number of hydrogen-bond donors (Lipinski definition) is 0. The summed E-state index contributed by atoms with van der Waals surface area (Å²) in [5.74, 6) is 2.73. The molecule has 0 N–H and O–H groups in total. The van der Waals surface area contributed by atoms with Crippen LogP contribution in [0.3, 0.4) is 0 Å². The third-order valence-electron chi connectivity index (χ3n) is 3.73. The van der Waals surface area contributed by atoms with Crippen LogP contribution in [0.5, 0.6) is 5.75 Å². The molecule has 20 heavy (non-hydrogen) atoms. The minimum atomic E-state index is 0.479. The minimum Gasteiger partial charge on any atom is -0.483 e. The van der Waals surface area contributed by atoms with Crippen LogP contribution < -0.4 is 4.74 Å². The Labute approximate surface area is 116 Å². The summed E-state index contributed by atoms with van der Waals surface area (Å²) in [7, 11) is 0. The topological polar surface area (TPSA) is 52.4 Å². The molecular formula is C14H16N4O2. The van der Waals surface area contributed by atoms with E-state index < -0.39 is 0 Å².